The number of aromatic nitrogens is 1. The number of allylic oxidation sites excluding steroid dienone is 3. The fraction of sp³-hybridized carbons (Fsp3) is 0.375. The summed E-state index contributed by atoms with van der Waals surface area (Å²) in [5, 5.41) is 8.18. The van der Waals surface area contributed by atoms with Gasteiger partial charge in [-0.3, -0.25) is 5.41 Å². The molecule has 0 atom stereocenters. The van der Waals surface area contributed by atoms with Gasteiger partial charge in [0, 0.05) is 32.0 Å². The van der Waals surface area contributed by atoms with Gasteiger partial charge in [0.15, 0.2) is 0 Å². The lowest BCUT2D eigenvalue weighted by Crippen LogP contribution is -2.27. The molecular formula is C16H23N3O. The summed E-state index contributed by atoms with van der Waals surface area (Å²) >= 11 is 0. The van der Waals surface area contributed by atoms with Crippen LogP contribution in [0.4, 0.5) is 5.82 Å². The maximum absolute atomic E-state index is 8.18. The van der Waals surface area contributed by atoms with Gasteiger partial charge in [-0.2, -0.15) is 0 Å². The van der Waals surface area contributed by atoms with Crippen molar-refractivity contribution >= 4 is 11.5 Å². The second-order valence-corrected chi connectivity index (χ2v) is 4.44. The van der Waals surface area contributed by atoms with Crippen LogP contribution in [-0.2, 0) is 4.74 Å². The van der Waals surface area contributed by atoms with E-state index in [2.05, 4.69) is 23.4 Å². The molecular weight excluding hydrogens is 250 g/mol. The fourth-order valence-electron chi connectivity index (χ4n) is 1.87. The largest absolute Gasteiger partial charge is 0.383 e. The molecule has 0 amide bonds. The van der Waals surface area contributed by atoms with Crippen molar-refractivity contribution in [3.05, 3.63) is 48.2 Å². The molecule has 0 unspecified atom stereocenters. The van der Waals surface area contributed by atoms with Gasteiger partial charge >= 0.3 is 0 Å². The Labute approximate surface area is 121 Å². The van der Waals surface area contributed by atoms with Crippen molar-refractivity contribution in [2.75, 3.05) is 31.7 Å². The lowest BCUT2D eigenvalue weighted by Gasteiger charge is -2.22. The van der Waals surface area contributed by atoms with E-state index in [1.807, 2.05) is 25.1 Å². The summed E-state index contributed by atoms with van der Waals surface area (Å²) in [6.07, 6.45) is 5.28. The van der Waals surface area contributed by atoms with Crippen LogP contribution in [0.2, 0.25) is 0 Å². The van der Waals surface area contributed by atoms with Gasteiger partial charge in [-0.15, -0.1) is 0 Å². The Balaban J connectivity index is 2.97. The van der Waals surface area contributed by atoms with Crippen LogP contribution in [0.1, 0.15) is 19.4 Å². The number of nitrogens with one attached hydrogen (secondary N) is 1. The van der Waals surface area contributed by atoms with Gasteiger partial charge in [0.25, 0.3) is 0 Å². The third-order valence-corrected chi connectivity index (χ3v) is 3.07. The van der Waals surface area contributed by atoms with Crippen LogP contribution in [0.15, 0.2) is 42.6 Å². The van der Waals surface area contributed by atoms with E-state index >= 15 is 0 Å². The first-order valence-corrected chi connectivity index (χ1v) is 6.72. The monoisotopic (exact) mass is 273 g/mol. The van der Waals surface area contributed by atoms with E-state index in [0.717, 1.165) is 30.0 Å². The highest BCUT2D eigenvalue weighted by molar-refractivity contribution is 6.10. The first-order valence-electron chi connectivity index (χ1n) is 6.72. The third-order valence-electron chi connectivity index (χ3n) is 3.07. The quantitative estimate of drug-likeness (QED) is 0.585. The van der Waals surface area contributed by atoms with E-state index in [1.165, 1.54) is 0 Å². The average molecular weight is 273 g/mol. The molecule has 0 fully saturated rings. The molecule has 0 radical (unpaired) electrons. The maximum Gasteiger partial charge on any atom is 0.129 e. The molecule has 108 valence electrons. The molecule has 0 aliphatic carbocycles. The Morgan fingerprint density at radius 3 is 2.90 bits per heavy atom. The minimum atomic E-state index is 0.497. The number of nitrogens with zero attached hydrogens (tertiary/aromatic N) is 2. The molecule has 0 aromatic carbocycles. The van der Waals surface area contributed by atoms with Crippen molar-refractivity contribution in [1.29, 1.82) is 5.41 Å². The Morgan fingerprint density at radius 1 is 1.55 bits per heavy atom. The second kappa shape index (κ2) is 8.27. The zero-order valence-corrected chi connectivity index (χ0v) is 12.5. The second-order valence-electron chi connectivity index (χ2n) is 4.44. The van der Waals surface area contributed by atoms with Gasteiger partial charge in [-0.25, -0.2) is 4.98 Å². The number of pyridine rings is 1. The van der Waals surface area contributed by atoms with E-state index in [4.69, 9.17) is 10.1 Å². The molecule has 0 aliphatic rings. The summed E-state index contributed by atoms with van der Waals surface area (Å²) in [5.41, 5.74) is 2.25. The number of hydrogen-bond donors (Lipinski definition) is 1. The van der Waals surface area contributed by atoms with Crippen LogP contribution in [0.3, 0.4) is 0 Å². The molecule has 0 saturated heterocycles. The lowest BCUT2D eigenvalue weighted by atomic mass is 10.0. The molecule has 0 bridgehead atoms. The van der Waals surface area contributed by atoms with Crippen LogP contribution in [0, 0.1) is 5.41 Å². The Hall–Kier alpha value is -1.94. The summed E-state index contributed by atoms with van der Waals surface area (Å²) in [7, 11) is 1.69. The molecule has 1 aromatic heterocycles. The standard InChI is InChI=1S/C16H23N3O/c1-5-7-13(3)16(17)14-8-9-18-15(12-14)19(6-2)10-11-20-4/h5,7-9,12,17H,1,6,10-11H2,2-4H3/b13-7+,17-16?. The van der Waals surface area contributed by atoms with Gasteiger partial charge in [-0.1, -0.05) is 18.7 Å². The van der Waals surface area contributed by atoms with Crippen molar-refractivity contribution in [2.45, 2.75) is 13.8 Å². The van der Waals surface area contributed by atoms with Crippen molar-refractivity contribution in [3.63, 3.8) is 0 Å². The maximum atomic E-state index is 8.18. The molecule has 1 N–H and O–H groups in total. The van der Waals surface area contributed by atoms with Gasteiger partial charge in [-0.05, 0) is 31.6 Å². The minimum Gasteiger partial charge on any atom is -0.383 e. The fourth-order valence-corrected chi connectivity index (χ4v) is 1.87. The zero-order valence-electron chi connectivity index (χ0n) is 12.5. The lowest BCUT2D eigenvalue weighted by molar-refractivity contribution is 0.205. The first-order chi connectivity index (χ1) is 9.63. The molecule has 4 heteroatoms. The third kappa shape index (κ3) is 4.31. The number of rotatable bonds is 8. The highest BCUT2D eigenvalue weighted by Crippen LogP contribution is 2.15. The number of likely N-dealkylation sites (N-methyl/N-ethyl adjacent to an activating group) is 1. The first kappa shape index (κ1) is 16.1. The summed E-state index contributed by atoms with van der Waals surface area (Å²) in [5.74, 6) is 0.873. The number of ether oxygens (including phenoxy) is 1. The van der Waals surface area contributed by atoms with Gasteiger partial charge in [0.2, 0.25) is 0 Å². The normalized spacial score (nSPS) is 11.2. The van der Waals surface area contributed by atoms with E-state index in [0.29, 0.717) is 12.3 Å². The SMILES string of the molecule is C=C/C=C(\C)C(=N)c1ccnc(N(CC)CCOC)c1. The van der Waals surface area contributed by atoms with Crippen LogP contribution in [0.5, 0.6) is 0 Å². The topological polar surface area (TPSA) is 49.2 Å². The molecule has 0 aliphatic heterocycles. The molecule has 4 nitrogen and oxygen atoms in total. The van der Waals surface area contributed by atoms with Crippen LogP contribution in [-0.4, -0.2) is 37.5 Å². The predicted molar refractivity (Wildman–Crippen MR) is 84.8 cm³/mol. The molecule has 1 rings (SSSR count). The molecule has 1 heterocycles. The van der Waals surface area contributed by atoms with E-state index in [1.54, 1.807) is 19.4 Å². The summed E-state index contributed by atoms with van der Waals surface area (Å²) in [6, 6.07) is 3.80. The Kier molecular flexibility index (Phi) is 6.67. The van der Waals surface area contributed by atoms with Gasteiger partial charge in [0.05, 0.1) is 12.3 Å². The molecule has 1 aromatic rings. The smallest absolute Gasteiger partial charge is 0.129 e. The number of methoxy groups -OCH3 is 1. The molecule has 0 saturated carbocycles. The predicted octanol–water partition coefficient (Wildman–Crippen LogP) is 3.05. The van der Waals surface area contributed by atoms with Gasteiger partial charge < -0.3 is 9.64 Å². The van der Waals surface area contributed by atoms with Crippen molar-refractivity contribution in [3.8, 4) is 0 Å². The highest BCUT2D eigenvalue weighted by atomic mass is 16.5. The molecule has 0 spiro atoms. The van der Waals surface area contributed by atoms with Crippen molar-refractivity contribution < 1.29 is 4.74 Å². The number of anilines is 1. The average Bonchev–Trinajstić information content (AvgIpc) is 2.48. The Morgan fingerprint density at radius 2 is 2.30 bits per heavy atom. The number of hydrogen-bond acceptors (Lipinski definition) is 4. The Bertz CT molecular complexity index is 494. The van der Waals surface area contributed by atoms with Crippen molar-refractivity contribution in [2.24, 2.45) is 0 Å². The van der Waals surface area contributed by atoms with Crippen molar-refractivity contribution in [1.82, 2.24) is 4.98 Å². The van der Waals surface area contributed by atoms with Crippen LogP contribution >= 0.6 is 0 Å². The minimum absolute atomic E-state index is 0.497. The zero-order chi connectivity index (χ0) is 15.0. The van der Waals surface area contributed by atoms with Gasteiger partial charge in [0.1, 0.15) is 5.82 Å². The summed E-state index contributed by atoms with van der Waals surface area (Å²) < 4.78 is 5.11. The summed E-state index contributed by atoms with van der Waals surface area (Å²) in [6.45, 7) is 9.96. The van der Waals surface area contributed by atoms with Crippen LogP contribution in [0.25, 0.3) is 0 Å². The summed E-state index contributed by atoms with van der Waals surface area (Å²) in [4.78, 5) is 6.52. The highest BCUT2D eigenvalue weighted by Gasteiger charge is 2.09. The van der Waals surface area contributed by atoms with E-state index in [9.17, 15) is 0 Å². The van der Waals surface area contributed by atoms with Crippen LogP contribution < -0.4 is 4.90 Å². The molecule has 20 heavy (non-hydrogen) atoms. The van der Waals surface area contributed by atoms with E-state index in [-0.39, 0.29) is 0 Å². The van der Waals surface area contributed by atoms with E-state index < -0.39 is 0 Å².